The highest BCUT2D eigenvalue weighted by Gasteiger charge is 2.16. The summed E-state index contributed by atoms with van der Waals surface area (Å²) in [6.07, 6.45) is 0. The standard InChI is InChI=1S/C16H12Cl2N2O4S.C8H5Cl2NOS.C8H9NO3/c1-23-13-6-11(8(17)4-9(13)18)20-15(22)7-3-12(21)14(24-2)5-10(7)19-16(20)25;1-12-8-3-7(11-4-13)5(9)2-6(8)10;1-4-2-6(9)5(8(11)12)3-7(4)10/h3-6,21H,1-2H3,(H,19,25);2-3H,1H3;2-3,10H,9H2,1H3,(H,11,12). The summed E-state index contributed by atoms with van der Waals surface area (Å²) in [7, 11) is 4.38. The number of hydrogen-bond donors (Lipinski definition) is 5. The molecule has 0 amide bonds. The fourth-order valence-electron chi connectivity index (χ4n) is 4.17. The van der Waals surface area contributed by atoms with Gasteiger partial charge in [-0.25, -0.2) is 4.79 Å². The van der Waals surface area contributed by atoms with Crippen molar-refractivity contribution in [2.45, 2.75) is 6.92 Å². The predicted molar refractivity (Wildman–Crippen MR) is 201 cm³/mol. The highest BCUT2D eigenvalue weighted by Crippen LogP contribution is 2.36. The number of carbonyl (C=O) groups is 1. The zero-order valence-electron chi connectivity index (χ0n) is 26.3. The van der Waals surface area contributed by atoms with Crippen LogP contribution in [0.4, 0.5) is 11.4 Å². The third kappa shape index (κ3) is 9.17. The zero-order chi connectivity index (χ0) is 37.4. The maximum absolute atomic E-state index is 12.9. The number of fused-ring (bicyclic) bond motifs is 1. The normalized spacial score (nSPS) is 10.2. The summed E-state index contributed by atoms with van der Waals surface area (Å²) in [6, 6.07) is 11.5. The molecule has 1 aromatic heterocycles. The molecule has 1 heterocycles. The molecule has 0 radical (unpaired) electrons. The summed E-state index contributed by atoms with van der Waals surface area (Å²) in [5, 5.41) is 31.5. The number of H-pyrrole nitrogens is 1. The Morgan fingerprint density at radius 3 is 2.00 bits per heavy atom. The average molecular weight is 801 g/mol. The average Bonchev–Trinajstić information content (AvgIpc) is 3.05. The Bertz CT molecular complexity index is 2280. The molecule has 0 bridgehead atoms. The van der Waals surface area contributed by atoms with Crippen LogP contribution < -0.4 is 25.5 Å². The molecule has 0 aliphatic rings. The Hall–Kier alpha value is -4.53. The van der Waals surface area contributed by atoms with Crippen molar-refractivity contribution in [3.05, 3.63) is 94.9 Å². The van der Waals surface area contributed by atoms with Crippen LogP contribution in [-0.4, -0.2) is 57.3 Å². The highest BCUT2D eigenvalue weighted by atomic mass is 35.5. The molecule has 5 rings (SSSR count). The van der Waals surface area contributed by atoms with E-state index in [0.717, 1.165) is 6.07 Å². The van der Waals surface area contributed by atoms with Crippen LogP contribution in [0.25, 0.3) is 16.6 Å². The summed E-state index contributed by atoms with van der Waals surface area (Å²) < 4.78 is 16.5. The first-order valence-corrected chi connectivity index (χ1v) is 15.9. The van der Waals surface area contributed by atoms with Crippen molar-refractivity contribution in [3.63, 3.8) is 0 Å². The zero-order valence-corrected chi connectivity index (χ0v) is 31.0. The second kappa shape index (κ2) is 17.4. The number of aliphatic imine (C=N–C) groups is 1. The number of halogens is 4. The molecule has 12 nitrogen and oxygen atoms in total. The van der Waals surface area contributed by atoms with Gasteiger partial charge in [0, 0.05) is 23.9 Å². The van der Waals surface area contributed by atoms with Crippen molar-refractivity contribution < 1.29 is 34.3 Å². The minimum atomic E-state index is -1.14. The largest absolute Gasteiger partial charge is 0.508 e. The lowest BCUT2D eigenvalue weighted by atomic mass is 10.1. The molecule has 6 N–H and O–H groups in total. The van der Waals surface area contributed by atoms with Gasteiger partial charge in [-0.15, -0.1) is 0 Å². The van der Waals surface area contributed by atoms with E-state index < -0.39 is 11.5 Å². The Morgan fingerprint density at radius 2 is 1.44 bits per heavy atom. The van der Waals surface area contributed by atoms with Crippen molar-refractivity contribution >= 4 is 104 Å². The predicted octanol–water partition coefficient (Wildman–Crippen LogP) is 8.80. The molecular formula is C32H26Cl4N4O8S2. The van der Waals surface area contributed by atoms with Gasteiger partial charge < -0.3 is 40.2 Å². The molecule has 18 heteroatoms. The minimum Gasteiger partial charge on any atom is -0.508 e. The summed E-state index contributed by atoms with van der Waals surface area (Å²) >= 11 is 33.7. The number of aromatic carboxylic acids is 1. The lowest BCUT2D eigenvalue weighted by Crippen LogP contribution is -2.21. The van der Waals surface area contributed by atoms with E-state index in [1.807, 2.05) is 0 Å². The Balaban J connectivity index is 0.000000227. The van der Waals surface area contributed by atoms with Gasteiger partial charge in [-0.3, -0.25) is 9.36 Å². The summed E-state index contributed by atoms with van der Waals surface area (Å²) in [5.74, 6) is -0.273. The summed E-state index contributed by atoms with van der Waals surface area (Å²) in [4.78, 5) is 30.1. The molecule has 4 aromatic carbocycles. The quantitative estimate of drug-likeness (QED) is 0.0479. The van der Waals surface area contributed by atoms with Crippen LogP contribution in [0.3, 0.4) is 0 Å². The fourth-order valence-corrected chi connectivity index (χ4v) is 5.61. The van der Waals surface area contributed by atoms with Crippen LogP contribution in [-0.2, 0) is 0 Å². The lowest BCUT2D eigenvalue weighted by molar-refractivity contribution is 0.0697. The number of isothiocyanates is 1. The Morgan fingerprint density at radius 1 is 0.860 bits per heavy atom. The smallest absolute Gasteiger partial charge is 0.337 e. The number of phenolic OH excluding ortho intramolecular Hbond substituents is 2. The molecule has 0 fully saturated rings. The monoisotopic (exact) mass is 798 g/mol. The number of aromatic nitrogens is 2. The van der Waals surface area contributed by atoms with Gasteiger partial charge in [0.2, 0.25) is 0 Å². The number of thiocarbonyl (C=S) groups is 1. The summed E-state index contributed by atoms with van der Waals surface area (Å²) in [5.41, 5.74) is 6.84. The fraction of sp³-hybridized carbons (Fsp3) is 0.125. The first-order chi connectivity index (χ1) is 23.6. The number of ether oxygens (including phenoxy) is 3. The number of nitrogen functional groups attached to an aromatic ring is 1. The second-order valence-electron chi connectivity index (χ2n) is 9.75. The number of anilines is 1. The van der Waals surface area contributed by atoms with Crippen molar-refractivity contribution in [2.24, 2.45) is 4.99 Å². The van der Waals surface area contributed by atoms with Crippen molar-refractivity contribution in [3.8, 4) is 34.4 Å². The number of nitrogens with zero attached hydrogens (tertiary/aromatic N) is 2. The molecule has 5 aromatic rings. The number of hydrogen-bond acceptors (Lipinski definition) is 11. The van der Waals surface area contributed by atoms with Crippen LogP contribution in [0.1, 0.15) is 15.9 Å². The molecule has 0 aliphatic carbocycles. The van der Waals surface area contributed by atoms with E-state index >= 15 is 0 Å². The lowest BCUT2D eigenvalue weighted by Gasteiger charge is -2.13. The number of benzene rings is 4. The number of rotatable bonds is 6. The Labute approximate surface area is 314 Å². The number of nitrogens with two attached hydrogens (primary N) is 1. The van der Waals surface area contributed by atoms with E-state index in [1.165, 1.54) is 56.2 Å². The van der Waals surface area contributed by atoms with E-state index in [2.05, 4.69) is 27.4 Å². The molecule has 50 heavy (non-hydrogen) atoms. The van der Waals surface area contributed by atoms with Gasteiger partial charge in [0.05, 0.1) is 74.4 Å². The van der Waals surface area contributed by atoms with E-state index in [4.69, 9.17) is 88.8 Å². The van der Waals surface area contributed by atoms with E-state index in [9.17, 15) is 14.7 Å². The van der Waals surface area contributed by atoms with E-state index in [1.54, 1.807) is 19.1 Å². The number of aromatic amines is 1. The molecule has 0 saturated heterocycles. The number of carboxylic acid groups (broad SMARTS) is 1. The number of aryl methyl sites for hydroxylation is 1. The van der Waals surface area contributed by atoms with Crippen molar-refractivity contribution in [1.29, 1.82) is 0 Å². The van der Waals surface area contributed by atoms with E-state index in [-0.39, 0.29) is 43.7 Å². The Kier molecular flexibility index (Phi) is 13.9. The topological polar surface area (TPSA) is 182 Å². The first-order valence-electron chi connectivity index (χ1n) is 13.6. The third-order valence-electron chi connectivity index (χ3n) is 6.65. The van der Waals surface area contributed by atoms with Gasteiger partial charge in [0.1, 0.15) is 17.2 Å². The second-order valence-corrected chi connectivity index (χ2v) is 11.9. The van der Waals surface area contributed by atoms with Gasteiger partial charge in [0.15, 0.2) is 16.3 Å². The molecule has 0 aliphatic heterocycles. The summed E-state index contributed by atoms with van der Waals surface area (Å²) in [6.45, 7) is 1.65. The van der Waals surface area contributed by atoms with Crippen LogP contribution >= 0.6 is 70.8 Å². The number of phenols is 2. The van der Waals surface area contributed by atoms with Crippen LogP contribution in [0, 0.1) is 11.7 Å². The van der Waals surface area contributed by atoms with E-state index in [0.29, 0.717) is 49.0 Å². The maximum atomic E-state index is 12.9. The van der Waals surface area contributed by atoms with Crippen LogP contribution in [0.15, 0.2) is 58.3 Å². The highest BCUT2D eigenvalue weighted by molar-refractivity contribution is 7.78. The number of methoxy groups -OCH3 is 3. The van der Waals surface area contributed by atoms with Crippen LogP contribution in [0.2, 0.25) is 20.1 Å². The number of aromatic hydroxyl groups is 2. The molecule has 0 saturated carbocycles. The number of carboxylic acids is 1. The van der Waals surface area contributed by atoms with Gasteiger partial charge in [-0.1, -0.05) is 46.4 Å². The molecule has 262 valence electrons. The molecule has 0 spiro atoms. The minimum absolute atomic E-state index is 0.0541. The van der Waals surface area contributed by atoms with Gasteiger partial charge in [-0.05, 0) is 67.3 Å². The SMILES string of the molecule is COc1cc(N=C=S)c(Cl)cc1Cl.COc1cc2[nH]c(=S)n(-c3cc(OC)c(Cl)cc3Cl)c(=O)c2cc1O.Cc1cc(N)c(C(=O)O)cc1O. The van der Waals surface area contributed by atoms with Gasteiger partial charge >= 0.3 is 5.97 Å². The van der Waals surface area contributed by atoms with Crippen molar-refractivity contribution in [1.82, 2.24) is 9.55 Å². The molecule has 0 unspecified atom stereocenters. The third-order valence-corrected chi connectivity index (χ3v) is 8.22. The first kappa shape index (κ1) is 39.9. The molecular weight excluding hydrogens is 774 g/mol. The van der Waals surface area contributed by atoms with Gasteiger partial charge in [-0.2, -0.15) is 4.99 Å². The van der Waals surface area contributed by atoms with Crippen molar-refractivity contribution in [2.75, 3.05) is 27.1 Å². The van der Waals surface area contributed by atoms with Gasteiger partial charge in [0.25, 0.3) is 5.56 Å². The number of nitrogens with one attached hydrogen (secondary N) is 1. The van der Waals surface area contributed by atoms with Crippen LogP contribution in [0.5, 0.6) is 28.7 Å². The maximum Gasteiger partial charge on any atom is 0.337 e. The molecule has 0 atom stereocenters.